The first kappa shape index (κ1) is 9.99. The standard InChI is InChI=1S/C5H5.2C2H5.Ga/c1-2-4-5-3-1;2*1-2;/h1-5H;2*1H2,2H3;/q-1;;;+1. The maximum atomic E-state index is 2.28. The average molecular weight is 193 g/mol. The Morgan fingerprint density at radius 2 is 1.60 bits per heavy atom. The van der Waals surface area contributed by atoms with Crippen molar-refractivity contribution < 1.29 is 0 Å². The van der Waals surface area contributed by atoms with Gasteiger partial charge in [0.2, 0.25) is 0 Å². The van der Waals surface area contributed by atoms with Gasteiger partial charge in [-0.3, -0.25) is 0 Å². The minimum atomic E-state index is 0.312. The smallest absolute Gasteiger partial charge is 0.172 e. The Bertz CT molecular complexity index is 91.1. The van der Waals surface area contributed by atoms with E-state index in [9.17, 15) is 0 Å². The van der Waals surface area contributed by atoms with Crippen LogP contribution in [-0.2, 0) is 0 Å². The van der Waals surface area contributed by atoms with E-state index >= 15 is 0 Å². The van der Waals surface area contributed by atoms with E-state index in [4.69, 9.17) is 0 Å². The second kappa shape index (κ2) is 8.99. The Morgan fingerprint density at radius 3 is 1.70 bits per heavy atom. The summed E-state index contributed by atoms with van der Waals surface area (Å²) in [6.07, 6.45) is 0. The zero-order valence-corrected chi connectivity index (χ0v) is 9.30. The van der Waals surface area contributed by atoms with Crippen LogP contribution in [0.15, 0.2) is 30.3 Å². The van der Waals surface area contributed by atoms with E-state index in [1.807, 2.05) is 30.3 Å². The molecule has 0 heterocycles. The van der Waals surface area contributed by atoms with Crippen molar-refractivity contribution in [3.8, 4) is 0 Å². The average Bonchev–Trinajstić information content (AvgIpc) is 2.44. The first-order valence-electron chi connectivity index (χ1n) is 3.90. The Labute approximate surface area is 71.8 Å². The summed E-state index contributed by atoms with van der Waals surface area (Å²) in [5.41, 5.74) is 0. The molecule has 0 nitrogen and oxygen atoms in total. The van der Waals surface area contributed by atoms with Crippen LogP contribution in [0, 0.1) is 0 Å². The van der Waals surface area contributed by atoms with Gasteiger partial charge >= 0.3 is 41.2 Å². The summed E-state index contributed by atoms with van der Waals surface area (Å²) >= 11 is 0.312. The topological polar surface area (TPSA) is 0 Å². The van der Waals surface area contributed by atoms with Crippen molar-refractivity contribution in [2.75, 3.05) is 0 Å². The normalized spacial score (nSPS) is 7.40. The summed E-state index contributed by atoms with van der Waals surface area (Å²) in [5.74, 6) is 0. The molecule has 0 fully saturated rings. The molecule has 0 aromatic heterocycles. The van der Waals surface area contributed by atoms with Gasteiger partial charge in [0.15, 0.2) is 0 Å². The van der Waals surface area contributed by atoms with Crippen LogP contribution >= 0.6 is 0 Å². The van der Waals surface area contributed by atoms with E-state index in [0.717, 1.165) is 0 Å². The van der Waals surface area contributed by atoms with Crippen LogP contribution in [0.4, 0.5) is 0 Å². The van der Waals surface area contributed by atoms with Crippen molar-refractivity contribution in [3.63, 3.8) is 0 Å². The van der Waals surface area contributed by atoms with E-state index in [-0.39, 0.29) is 0 Å². The molecule has 0 amide bonds. The van der Waals surface area contributed by atoms with E-state index < -0.39 is 0 Å². The van der Waals surface area contributed by atoms with E-state index in [1.54, 1.807) is 0 Å². The molecule has 0 saturated carbocycles. The molecule has 0 spiro atoms. The van der Waals surface area contributed by atoms with Crippen LogP contribution < -0.4 is 0 Å². The second-order valence-electron chi connectivity index (χ2n) is 2.07. The van der Waals surface area contributed by atoms with Crippen molar-refractivity contribution in [1.82, 2.24) is 0 Å². The summed E-state index contributed by atoms with van der Waals surface area (Å²) in [5, 5.41) is 0. The Hall–Kier alpha value is -0.0136. The molecule has 0 aliphatic carbocycles. The zero-order chi connectivity index (χ0) is 7.66. The van der Waals surface area contributed by atoms with Gasteiger partial charge in [0.25, 0.3) is 0 Å². The van der Waals surface area contributed by atoms with Crippen molar-refractivity contribution in [2.45, 2.75) is 23.8 Å². The van der Waals surface area contributed by atoms with Crippen LogP contribution in [0.3, 0.4) is 0 Å². The second-order valence-corrected chi connectivity index (χ2v) is 6.70. The molecule has 0 aliphatic rings. The maximum Gasteiger partial charge on any atom is -0.172 e. The fraction of sp³-hybridized carbons (Fsp3) is 0.444. The fourth-order valence-electron chi connectivity index (χ4n) is 0.609. The summed E-state index contributed by atoms with van der Waals surface area (Å²) in [6.45, 7) is 4.56. The molecule has 1 rings (SSSR count). The molecule has 1 aromatic rings. The molecule has 0 N–H and O–H groups in total. The molecule has 0 aliphatic heterocycles. The summed E-state index contributed by atoms with van der Waals surface area (Å²) < 4.78 is 0. The Balaban J connectivity index is 0.000000162. The van der Waals surface area contributed by atoms with Gasteiger partial charge in [-0.05, 0) is 0 Å². The molecule has 54 valence electrons. The monoisotopic (exact) mass is 192 g/mol. The van der Waals surface area contributed by atoms with Gasteiger partial charge in [-0.25, -0.2) is 12.1 Å². The molecule has 10 heavy (non-hydrogen) atoms. The number of hydrogen-bond acceptors (Lipinski definition) is 0. The van der Waals surface area contributed by atoms with Gasteiger partial charge in [-0.2, -0.15) is 18.2 Å². The van der Waals surface area contributed by atoms with Gasteiger partial charge in [-0.15, -0.1) is 0 Å². The first-order chi connectivity index (χ1) is 4.91. The maximum absolute atomic E-state index is 2.28. The molecule has 1 aromatic carbocycles. The third-order valence-electron chi connectivity index (χ3n) is 1.13. The third-order valence-corrected chi connectivity index (χ3v) is 3.56. The van der Waals surface area contributed by atoms with Crippen molar-refractivity contribution in [2.24, 2.45) is 0 Å². The van der Waals surface area contributed by atoms with Crippen molar-refractivity contribution >= 4 is 17.4 Å². The molecular formula is C9H15Ga. The van der Waals surface area contributed by atoms with Crippen LogP contribution in [0.5, 0.6) is 0 Å². The van der Waals surface area contributed by atoms with Crippen molar-refractivity contribution in [3.05, 3.63) is 30.3 Å². The minimum Gasteiger partial charge on any atom is -0.214 e. The fourth-order valence-corrected chi connectivity index (χ4v) is 1.82. The van der Waals surface area contributed by atoms with Gasteiger partial charge in [0, 0.05) is 0 Å². The quantitative estimate of drug-likeness (QED) is 0.500. The molecular weight excluding hydrogens is 178 g/mol. The number of hydrogen-bond donors (Lipinski definition) is 0. The van der Waals surface area contributed by atoms with Crippen LogP contribution in [0.1, 0.15) is 13.8 Å². The Morgan fingerprint density at radius 1 is 1.10 bits per heavy atom. The van der Waals surface area contributed by atoms with Crippen LogP contribution in [-0.4, -0.2) is 17.4 Å². The van der Waals surface area contributed by atoms with E-state index in [0.29, 0.717) is 17.4 Å². The third kappa shape index (κ3) is 7.99. The molecule has 0 radical (unpaired) electrons. The van der Waals surface area contributed by atoms with E-state index in [1.165, 1.54) is 9.95 Å². The largest absolute Gasteiger partial charge is 0.214 e. The van der Waals surface area contributed by atoms with Crippen molar-refractivity contribution in [1.29, 1.82) is 0 Å². The van der Waals surface area contributed by atoms with Crippen LogP contribution in [0.2, 0.25) is 9.95 Å². The number of rotatable bonds is 2. The predicted molar refractivity (Wildman–Crippen MR) is 48.8 cm³/mol. The molecule has 0 unspecified atom stereocenters. The molecule has 0 atom stereocenters. The SMILES string of the molecule is C[CH2][Ga+][CH2]C.c1cc[cH-]c1. The van der Waals surface area contributed by atoms with Gasteiger partial charge in [-0.1, -0.05) is 0 Å². The van der Waals surface area contributed by atoms with Gasteiger partial charge in [0.1, 0.15) is 0 Å². The molecule has 0 bridgehead atoms. The van der Waals surface area contributed by atoms with Gasteiger partial charge in [0.05, 0.1) is 0 Å². The Kier molecular flexibility index (Phi) is 8.97. The summed E-state index contributed by atoms with van der Waals surface area (Å²) in [4.78, 5) is 3.00. The minimum absolute atomic E-state index is 0.312. The van der Waals surface area contributed by atoms with Gasteiger partial charge < -0.3 is 0 Å². The van der Waals surface area contributed by atoms with E-state index in [2.05, 4.69) is 13.8 Å². The first-order valence-corrected chi connectivity index (χ1v) is 7.32. The summed E-state index contributed by atoms with van der Waals surface area (Å²) in [6, 6.07) is 10.0. The zero-order valence-electron chi connectivity index (χ0n) is 6.88. The summed E-state index contributed by atoms with van der Waals surface area (Å²) in [7, 11) is 0. The van der Waals surface area contributed by atoms with Crippen LogP contribution in [0.25, 0.3) is 0 Å². The molecule has 1 heteroatoms. The predicted octanol–water partition coefficient (Wildman–Crippen LogP) is 2.97. The molecule has 0 saturated heterocycles.